The standard InChI is InChI=1S/C14H28O/c1-10(2)12-8-7-11(3)9-14(12,15)13(4,5)6/h10-12,15H,7-9H2,1-6H3. The average Bonchev–Trinajstić information content (AvgIpc) is 2.00. The molecule has 0 saturated heterocycles. The molecule has 0 bridgehead atoms. The monoisotopic (exact) mass is 212 g/mol. The maximum atomic E-state index is 11.0. The maximum Gasteiger partial charge on any atom is 0.0728 e. The van der Waals surface area contributed by atoms with Crippen molar-refractivity contribution < 1.29 is 5.11 Å². The quantitative estimate of drug-likeness (QED) is 0.700. The van der Waals surface area contributed by atoms with Crippen molar-refractivity contribution in [2.24, 2.45) is 23.2 Å². The Labute approximate surface area is 95.3 Å². The molecule has 1 aliphatic carbocycles. The van der Waals surface area contributed by atoms with E-state index in [1.807, 2.05) is 0 Å². The Kier molecular flexibility index (Phi) is 3.55. The fourth-order valence-corrected chi connectivity index (χ4v) is 3.23. The van der Waals surface area contributed by atoms with Crippen LogP contribution < -0.4 is 0 Å². The normalized spacial score (nSPS) is 38.4. The van der Waals surface area contributed by atoms with Gasteiger partial charge in [0.15, 0.2) is 0 Å². The second-order valence-electron chi connectivity index (χ2n) is 6.91. The Morgan fingerprint density at radius 3 is 2.13 bits per heavy atom. The molecule has 0 radical (unpaired) electrons. The minimum atomic E-state index is -0.473. The lowest BCUT2D eigenvalue weighted by Gasteiger charge is -2.52. The molecule has 0 aromatic rings. The summed E-state index contributed by atoms with van der Waals surface area (Å²) in [4.78, 5) is 0. The molecular formula is C14H28O. The molecule has 1 N–H and O–H groups in total. The van der Waals surface area contributed by atoms with Gasteiger partial charge in [0.2, 0.25) is 0 Å². The molecule has 3 unspecified atom stereocenters. The minimum absolute atomic E-state index is 0.00336. The molecule has 1 nitrogen and oxygen atoms in total. The molecule has 15 heavy (non-hydrogen) atoms. The first kappa shape index (κ1) is 13.0. The maximum absolute atomic E-state index is 11.0. The van der Waals surface area contributed by atoms with Gasteiger partial charge in [-0.15, -0.1) is 0 Å². The Morgan fingerprint density at radius 1 is 1.20 bits per heavy atom. The highest BCUT2D eigenvalue weighted by atomic mass is 16.3. The van der Waals surface area contributed by atoms with Crippen LogP contribution >= 0.6 is 0 Å². The van der Waals surface area contributed by atoms with Crippen molar-refractivity contribution in [2.75, 3.05) is 0 Å². The molecule has 0 spiro atoms. The van der Waals surface area contributed by atoms with Gasteiger partial charge in [0.05, 0.1) is 5.60 Å². The van der Waals surface area contributed by atoms with Crippen molar-refractivity contribution in [1.82, 2.24) is 0 Å². The van der Waals surface area contributed by atoms with Gasteiger partial charge in [-0.25, -0.2) is 0 Å². The van der Waals surface area contributed by atoms with Crippen LogP contribution in [0.15, 0.2) is 0 Å². The first-order valence-corrected chi connectivity index (χ1v) is 6.41. The number of rotatable bonds is 1. The molecule has 3 atom stereocenters. The summed E-state index contributed by atoms with van der Waals surface area (Å²) >= 11 is 0. The van der Waals surface area contributed by atoms with Crippen LogP contribution in [-0.4, -0.2) is 10.7 Å². The lowest BCUT2D eigenvalue weighted by atomic mass is 9.57. The van der Waals surface area contributed by atoms with Gasteiger partial charge in [-0.2, -0.15) is 0 Å². The highest BCUT2D eigenvalue weighted by molar-refractivity contribution is 5.00. The second kappa shape index (κ2) is 4.08. The molecule has 1 aliphatic rings. The largest absolute Gasteiger partial charge is 0.389 e. The Balaban J connectivity index is 2.97. The van der Waals surface area contributed by atoms with Crippen LogP contribution in [0.3, 0.4) is 0 Å². The lowest BCUT2D eigenvalue weighted by Crippen LogP contribution is -2.54. The third kappa shape index (κ3) is 2.38. The van der Waals surface area contributed by atoms with Gasteiger partial charge in [0.1, 0.15) is 0 Å². The first-order valence-electron chi connectivity index (χ1n) is 6.41. The zero-order valence-electron chi connectivity index (χ0n) is 11.3. The third-order valence-electron chi connectivity index (χ3n) is 4.35. The topological polar surface area (TPSA) is 20.2 Å². The highest BCUT2D eigenvalue weighted by Crippen LogP contribution is 2.49. The first-order chi connectivity index (χ1) is 6.68. The molecule has 1 saturated carbocycles. The molecular weight excluding hydrogens is 184 g/mol. The van der Waals surface area contributed by atoms with E-state index in [0.717, 1.165) is 6.42 Å². The summed E-state index contributed by atoms with van der Waals surface area (Å²) in [5.74, 6) is 1.72. The van der Waals surface area contributed by atoms with Crippen molar-refractivity contribution in [2.45, 2.75) is 66.4 Å². The van der Waals surface area contributed by atoms with Gasteiger partial charge in [-0.05, 0) is 36.0 Å². The molecule has 0 aromatic carbocycles. The average molecular weight is 212 g/mol. The fraction of sp³-hybridized carbons (Fsp3) is 1.00. The highest BCUT2D eigenvalue weighted by Gasteiger charge is 2.49. The zero-order chi connectivity index (χ0) is 11.9. The van der Waals surface area contributed by atoms with Gasteiger partial charge in [-0.1, -0.05) is 48.0 Å². The Morgan fingerprint density at radius 2 is 1.73 bits per heavy atom. The van der Waals surface area contributed by atoms with E-state index in [0.29, 0.717) is 17.8 Å². The van der Waals surface area contributed by atoms with Gasteiger partial charge >= 0.3 is 0 Å². The summed E-state index contributed by atoms with van der Waals surface area (Å²) in [6.07, 6.45) is 3.44. The van der Waals surface area contributed by atoms with Crippen molar-refractivity contribution in [3.8, 4) is 0 Å². The molecule has 1 heteroatoms. The molecule has 1 rings (SSSR count). The van der Waals surface area contributed by atoms with Gasteiger partial charge in [0, 0.05) is 0 Å². The minimum Gasteiger partial charge on any atom is -0.389 e. The predicted molar refractivity (Wildman–Crippen MR) is 65.7 cm³/mol. The number of hydrogen-bond acceptors (Lipinski definition) is 1. The van der Waals surface area contributed by atoms with Crippen molar-refractivity contribution in [1.29, 1.82) is 0 Å². The predicted octanol–water partition coefficient (Wildman–Crippen LogP) is 3.86. The second-order valence-corrected chi connectivity index (χ2v) is 6.91. The fourth-order valence-electron chi connectivity index (χ4n) is 3.23. The summed E-state index contributed by atoms with van der Waals surface area (Å²) < 4.78 is 0. The Bertz CT molecular complexity index is 214. The summed E-state index contributed by atoms with van der Waals surface area (Å²) in [7, 11) is 0. The smallest absolute Gasteiger partial charge is 0.0728 e. The van der Waals surface area contributed by atoms with Gasteiger partial charge in [0.25, 0.3) is 0 Å². The van der Waals surface area contributed by atoms with Crippen LogP contribution in [0.4, 0.5) is 0 Å². The van der Waals surface area contributed by atoms with Crippen LogP contribution in [0.2, 0.25) is 0 Å². The molecule has 0 aromatic heterocycles. The van der Waals surface area contributed by atoms with E-state index in [1.165, 1.54) is 12.8 Å². The molecule has 1 fully saturated rings. The summed E-state index contributed by atoms with van der Waals surface area (Å²) in [5, 5.41) is 11.0. The molecule has 0 amide bonds. The SMILES string of the molecule is CC1CCC(C(C)C)C(O)(C(C)(C)C)C1. The molecule has 0 heterocycles. The number of aliphatic hydroxyl groups is 1. The van der Waals surface area contributed by atoms with E-state index in [-0.39, 0.29) is 5.41 Å². The van der Waals surface area contributed by atoms with Crippen LogP contribution in [0, 0.1) is 23.2 Å². The van der Waals surface area contributed by atoms with Crippen molar-refractivity contribution in [3.63, 3.8) is 0 Å². The third-order valence-corrected chi connectivity index (χ3v) is 4.35. The van der Waals surface area contributed by atoms with E-state index >= 15 is 0 Å². The van der Waals surface area contributed by atoms with E-state index in [4.69, 9.17) is 0 Å². The van der Waals surface area contributed by atoms with Gasteiger partial charge < -0.3 is 5.11 Å². The van der Waals surface area contributed by atoms with Gasteiger partial charge in [-0.3, -0.25) is 0 Å². The number of hydrogen-bond donors (Lipinski definition) is 1. The molecule has 90 valence electrons. The summed E-state index contributed by atoms with van der Waals surface area (Å²) in [5.41, 5.74) is -0.477. The van der Waals surface area contributed by atoms with Crippen molar-refractivity contribution in [3.05, 3.63) is 0 Å². The lowest BCUT2D eigenvalue weighted by molar-refractivity contribution is -0.150. The van der Waals surface area contributed by atoms with E-state index < -0.39 is 5.60 Å². The van der Waals surface area contributed by atoms with Crippen LogP contribution in [0.1, 0.15) is 60.8 Å². The van der Waals surface area contributed by atoms with Crippen LogP contribution in [0.5, 0.6) is 0 Å². The van der Waals surface area contributed by atoms with Crippen molar-refractivity contribution >= 4 is 0 Å². The summed E-state index contributed by atoms with van der Waals surface area (Å²) in [6, 6.07) is 0. The molecule has 0 aliphatic heterocycles. The Hall–Kier alpha value is -0.0400. The van der Waals surface area contributed by atoms with E-state index in [9.17, 15) is 5.11 Å². The van der Waals surface area contributed by atoms with E-state index in [1.54, 1.807) is 0 Å². The summed E-state index contributed by atoms with van der Waals surface area (Å²) in [6.45, 7) is 13.3. The zero-order valence-corrected chi connectivity index (χ0v) is 11.3. The van der Waals surface area contributed by atoms with Crippen LogP contribution in [-0.2, 0) is 0 Å². The van der Waals surface area contributed by atoms with Crippen LogP contribution in [0.25, 0.3) is 0 Å². The van der Waals surface area contributed by atoms with E-state index in [2.05, 4.69) is 41.5 Å².